The predicted molar refractivity (Wildman–Crippen MR) is 116 cm³/mol. The van der Waals surface area contributed by atoms with Crippen LogP contribution in [0.25, 0.3) is 0 Å². The van der Waals surface area contributed by atoms with E-state index in [0.29, 0.717) is 11.6 Å². The van der Waals surface area contributed by atoms with Crippen LogP contribution < -0.4 is 4.90 Å². The Morgan fingerprint density at radius 2 is 1.97 bits per heavy atom. The molecule has 0 atom stereocenters. The summed E-state index contributed by atoms with van der Waals surface area (Å²) < 4.78 is 0. The first-order chi connectivity index (χ1) is 13.7. The van der Waals surface area contributed by atoms with Crippen LogP contribution in [0, 0.1) is 24.2 Å². The lowest BCUT2D eigenvalue weighted by Crippen LogP contribution is -2.47. The lowest BCUT2D eigenvalue weighted by Gasteiger charge is -2.35. The van der Waals surface area contributed by atoms with Crippen LogP contribution in [0.5, 0.6) is 0 Å². The molecule has 0 bridgehead atoms. The molecule has 29 heavy (non-hydrogen) atoms. The van der Waals surface area contributed by atoms with Gasteiger partial charge in [0.25, 0.3) is 0 Å². The van der Waals surface area contributed by atoms with Crippen molar-refractivity contribution in [2.75, 3.05) is 38.1 Å². The monoisotopic (exact) mass is 418 g/mol. The first-order valence-electron chi connectivity index (χ1n) is 10.2. The van der Waals surface area contributed by atoms with E-state index in [1.165, 1.54) is 0 Å². The molecule has 2 amide bonds. The minimum Gasteiger partial charge on any atom is -0.343 e. The number of carbonyl (C=O) groups is 2. The van der Waals surface area contributed by atoms with Gasteiger partial charge in [0.15, 0.2) is 0 Å². The second-order valence-electron chi connectivity index (χ2n) is 7.98. The van der Waals surface area contributed by atoms with Crippen LogP contribution in [0.2, 0.25) is 5.02 Å². The molecule has 0 spiro atoms. The number of likely N-dealkylation sites (tertiary alicyclic amines) is 1. The number of benzene rings is 1. The average molecular weight is 419 g/mol. The van der Waals surface area contributed by atoms with E-state index in [0.717, 1.165) is 37.2 Å². The number of hydrogen-bond donors (Lipinski definition) is 0. The number of hydrogen-bond acceptors (Lipinski definition) is 4. The molecule has 7 heteroatoms. The number of aryl methyl sites for hydroxylation is 1. The maximum absolute atomic E-state index is 13.0. The molecule has 0 N–H and O–H groups in total. The SMILES string of the molecule is Cc1cc(N(CCC#N)C(=O)CN2CCC(C(=O)N(C)C(C)C)CC2)ccc1Cl. The van der Waals surface area contributed by atoms with Crippen molar-refractivity contribution in [3.8, 4) is 6.07 Å². The summed E-state index contributed by atoms with van der Waals surface area (Å²) in [4.78, 5) is 31.1. The molecule has 0 aromatic heterocycles. The molecular formula is C22H31ClN4O2. The number of halogens is 1. The van der Waals surface area contributed by atoms with E-state index in [1.54, 1.807) is 15.9 Å². The van der Waals surface area contributed by atoms with Gasteiger partial charge >= 0.3 is 0 Å². The molecule has 1 aliphatic heterocycles. The van der Waals surface area contributed by atoms with Gasteiger partial charge in [0.05, 0.1) is 19.0 Å². The quantitative estimate of drug-likeness (QED) is 0.679. The zero-order valence-corrected chi connectivity index (χ0v) is 18.6. The molecule has 1 saturated heterocycles. The van der Waals surface area contributed by atoms with Gasteiger partial charge in [0.1, 0.15) is 0 Å². The number of anilines is 1. The number of carbonyl (C=O) groups excluding carboxylic acids is 2. The van der Waals surface area contributed by atoms with Gasteiger partial charge in [-0.2, -0.15) is 5.26 Å². The highest BCUT2D eigenvalue weighted by atomic mass is 35.5. The fourth-order valence-electron chi connectivity index (χ4n) is 3.51. The summed E-state index contributed by atoms with van der Waals surface area (Å²) in [7, 11) is 1.85. The molecule has 1 heterocycles. The molecule has 0 aliphatic carbocycles. The van der Waals surface area contributed by atoms with Crippen molar-refractivity contribution in [1.82, 2.24) is 9.80 Å². The average Bonchev–Trinajstić information content (AvgIpc) is 2.70. The van der Waals surface area contributed by atoms with Gasteiger partial charge in [-0.25, -0.2) is 0 Å². The van der Waals surface area contributed by atoms with Gasteiger partial charge in [-0.15, -0.1) is 0 Å². The van der Waals surface area contributed by atoms with Crippen molar-refractivity contribution in [2.24, 2.45) is 5.92 Å². The molecule has 1 aliphatic rings. The fourth-order valence-corrected chi connectivity index (χ4v) is 3.63. The Labute approximate surface area is 179 Å². The highest BCUT2D eigenvalue weighted by Crippen LogP contribution is 2.24. The second kappa shape index (κ2) is 10.6. The Balaban J connectivity index is 1.99. The number of nitriles is 1. The third-order valence-electron chi connectivity index (χ3n) is 5.62. The van der Waals surface area contributed by atoms with Crippen LogP contribution in [-0.2, 0) is 9.59 Å². The van der Waals surface area contributed by atoms with Gasteiger partial charge in [0, 0.05) is 36.3 Å². The van der Waals surface area contributed by atoms with Gasteiger partial charge < -0.3 is 9.80 Å². The van der Waals surface area contributed by atoms with Crippen LogP contribution in [0.15, 0.2) is 18.2 Å². The van der Waals surface area contributed by atoms with E-state index in [4.69, 9.17) is 16.9 Å². The predicted octanol–water partition coefficient (Wildman–Crippen LogP) is 3.47. The number of piperidine rings is 1. The van der Waals surface area contributed by atoms with Crippen LogP contribution in [-0.4, -0.2) is 60.9 Å². The van der Waals surface area contributed by atoms with Crippen molar-refractivity contribution in [2.45, 2.75) is 46.1 Å². The van der Waals surface area contributed by atoms with E-state index in [2.05, 4.69) is 11.0 Å². The molecule has 1 aromatic carbocycles. The van der Waals surface area contributed by atoms with Crippen LogP contribution in [0.1, 0.15) is 38.7 Å². The fraction of sp³-hybridized carbons (Fsp3) is 0.591. The smallest absolute Gasteiger partial charge is 0.241 e. The zero-order valence-electron chi connectivity index (χ0n) is 17.8. The van der Waals surface area contributed by atoms with Gasteiger partial charge in [-0.3, -0.25) is 14.5 Å². The Bertz CT molecular complexity index is 767. The molecule has 0 unspecified atom stereocenters. The summed E-state index contributed by atoms with van der Waals surface area (Å²) in [5.74, 6) is 0.187. The van der Waals surface area contributed by atoms with E-state index in [9.17, 15) is 9.59 Å². The van der Waals surface area contributed by atoms with E-state index in [-0.39, 0.29) is 36.7 Å². The molecule has 1 fully saturated rings. The highest BCUT2D eigenvalue weighted by Gasteiger charge is 2.29. The molecule has 6 nitrogen and oxygen atoms in total. The molecular weight excluding hydrogens is 388 g/mol. The van der Waals surface area contributed by atoms with E-state index in [1.807, 2.05) is 40.0 Å². The first kappa shape index (κ1) is 23.2. The van der Waals surface area contributed by atoms with Crippen molar-refractivity contribution in [3.05, 3.63) is 28.8 Å². The maximum Gasteiger partial charge on any atom is 0.241 e. The second-order valence-corrected chi connectivity index (χ2v) is 8.39. The van der Waals surface area contributed by atoms with Crippen molar-refractivity contribution < 1.29 is 9.59 Å². The number of nitrogens with zero attached hydrogens (tertiary/aromatic N) is 4. The lowest BCUT2D eigenvalue weighted by molar-refractivity contribution is -0.137. The molecule has 2 rings (SSSR count). The van der Waals surface area contributed by atoms with Crippen molar-refractivity contribution in [1.29, 1.82) is 5.26 Å². The normalized spacial score (nSPS) is 15.2. The summed E-state index contributed by atoms with van der Waals surface area (Å²) in [6.07, 6.45) is 1.80. The van der Waals surface area contributed by atoms with E-state index >= 15 is 0 Å². The van der Waals surface area contributed by atoms with Gasteiger partial charge in [-0.05, 0) is 70.5 Å². The number of rotatable bonds is 7. The Hall–Kier alpha value is -2.10. The number of amides is 2. The zero-order chi connectivity index (χ0) is 21.6. The topological polar surface area (TPSA) is 67.6 Å². The molecule has 0 saturated carbocycles. The summed E-state index contributed by atoms with van der Waals surface area (Å²) in [6.45, 7) is 8.01. The summed E-state index contributed by atoms with van der Waals surface area (Å²) >= 11 is 6.11. The third kappa shape index (κ3) is 6.19. The highest BCUT2D eigenvalue weighted by molar-refractivity contribution is 6.31. The summed E-state index contributed by atoms with van der Waals surface area (Å²) in [5, 5.41) is 9.63. The van der Waals surface area contributed by atoms with Gasteiger partial charge in [-0.1, -0.05) is 11.6 Å². The van der Waals surface area contributed by atoms with Gasteiger partial charge in [0.2, 0.25) is 11.8 Å². The standard InChI is InChI=1S/C22H31ClN4O2/c1-16(2)25(4)22(29)18-8-12-26(13-9-18)15-21(28)27(11-5-10-24)19-6-7-20(23)17(3)14-19/h6-7,14,16,18H,5,8-9,11-13,15H2,1-4H3. The maximum atomic E-state index is 13.0. The first-order valence-corrected chi connectivity index (χ1v) is 10.5. The van der Waals surface area contributed by atoms with Crippen LogP contribution in [0.3, 0.4) is 0 Å². The van der Waals surface area contributed by atoms with Crippen molar-refractivity contribution in [3.63, 3.8) is 0 Å². The molecule has 1 aromatic rings. The Kier molecular flexibility index (Phi) is 8.48. The van der Waals surface area contributed by atoms with E-state index < -0.39 is 0 Å². The minimum atomic E-state index is -0.0361. The Morgan fingerprint density at radius 3 is 2.52 bits per heavy atom. The van der Waals surface area contributed by atoms with Crippen LogP contribution >= 0.6 is 11.6 Å². The van der Waals surface area contributed by atoms with Crippen LogP contribution in [0.4, 0.5) is 5.69 Å². The Morgan fingerprint density at radius 1 is 1.31 bits per heavy atom. The summed E-state index contributed by atoms with van der Waals surface area (Å²) in [5.41, 5.74) is 1.66. The molecule has 158 valence electrons. The largest absolute Gasteiger partial charge is 0.343 e. The van der Waals surface area contributed by atoms with Crippen molar-refractivity contribution >= 4 is 29.1 Å². The summed E-state index contributed by atoms with van der Waals surface area (Å²) in [6, 6.07) is 7.78. The minimum absolute atomic E-state index is 0.0300. The third-order valence-corrected chi connectivity index (χ3v) is 6.04. The lowest BCUT2D eigenvalue weighted by atomic mass is 9.95. The molecule has 0 radical (unpaired) electrons.